The first kappa shape index (κ1) is 19.8. The van der Waals surface area contributed by atoms with Crippen molar-refractivity contribution in [3.8, 4) is 0 Å². The van der Waals surface area contributed by atoms with Crippen LogP contribution in [0.4, 0.5) is 57.1 Å². The lowest BCUT2D eigenvalue weighted by molar-refractivity contribution is -0.424. The standard InChI is InChI=1S/C7H2F13N/c8-2(21-7(18,19)20)1-3(4(9,10)11,5(12,13)14)6(15,16)17/h1H2/b21-2-. The van der Waals surface area contributed by atoms with E-state index in [4.69, 9.17) is 0 Å². The van der Waals surface area contributed by atoms with Crippen molar-refractivity contribution in [1.82, 2.24) is 0 Å². The Morgan fingerprint density at radius 3 is 1.10 bits per heavy atom. The molecule has 0 N–H and O–H groups in total. The SMILES string of the molecule is F/C(CC(C(F)(F)F)(C(F)(F)F)C(F)(F)F)=N\C(F)(F)F. The Hall–Kier alpha value is -1.24. The van der Waals surface area contributed by atoms with Crippen molar-refractivity contribution in [2.75, 3.05) is 0 Å². The van der Waals surface area contributed by atoms with Crippen molar-refractivity contribution in [3.05, 3.63) is 0 Å². The fraction of sp³-hybridized carbons (Fsp3) is 0.857. The van der Waals surface area contributed by atoms with Crippen LogP contribution >= 0.6 is 0 Å². The summed E-state index contributed by atoms with van der Waals surface area (Å²) in [6, 6.07) is 0. The van der Waals surface area contributed by atoms with E-state index in [9.17, 15) is 57.1 Å². The minimum absolute atomic E-state index is 0.785. The third kappa shape index (κ3) is 4.12. The third-order valence-corrected chi connectivity index (χ3v) is 2.11. The summed E-state index contributed by atoms with van der Waals surface area (Å²) >= 11 is 0. The molecule has 126 valence electrons. The Kier molecular flexibility index (Phi) is 4.89. The largest absolute Gasteiger partial charge is 0.505 e. The molecule has 0 amide bonds. The molecule has 0 aliphatic carbocycles. The first-order valence-electron chi connectivity index (χ1n) is 4.36. The van der Waals surface area contributed by atoms with Crippen LogP contribution in [-0.4, -0.2) is 30.8 Å². The van der Waals surface area contributed by atoms with Gasteiger partial charge in [0.1, 0.15) is 0 Å². The number of aliphatic imine (C=N–C) groups is 1. The molecule has 0 spiro atoms. The molecule has 0 rings (SSSR count). The van der Waals surface area contributed by atoms with Crippen molar-refractivity contribution in [3.63, 3.8) is 0 Å². The molecule has 14 heteroatoms. The minimum atomic E-state index is -7.15. The highest BCUT2D eigenvalue weighted by Crippen LogP contribution is 2.61. The van der Waals surface area contributed by atoms with Gasteiger partial charge in [-0.15, -0.1) is 13.2 Å². The first-order valence-corrected chi connectivity index (χ1v) is 4.36. The molecule has 0 aromatic carbocycles. The average molecular weight is 347 g/mol. The zero-order valence-electron chi connectivity index (χ0n) is 9.07. The fourth-order valence-electron chi connectivity index (χ4n) is 1.18. The van der Waals surface area contributed by atoms with Gasteiger partial charge in [-0.1, -0.05) is 0 Å². The van der Waals surface area contributed by atoms with Gasteiger partial charge >= 0.3 is 24.8 Å². The number of rotatable bonds is 2. The topological polar surface area (TPSA) is 12.4 Å². The Balaban J connectivity index is 6.15. The predicted octanol–water partition coefficient (Wildman–Crippen LogP) is 4.94. The molecule has 0 aliphatic rings. The predicted molar refractivity (Wildman–Crippen MR) is 39.8 cm³/mol. The molecule has 0 fully saturated rings. The number of halogens is 13. The maximum Gasteiger partial charge on any atom is 0.505 e. The number of alkyl halides is 12. The average Bonchev–Trinajstić information content (AvgIpc) is 2.04. The van der Waals surface area contributed by atoms with Gasteiger partial charge in [0.25, 0.3) is 5.41 Å². The monoisotopic (exact) mass is 347 g/mol. The molecular weight excluding hydrogens is 345 g/mol. The van der Waals surface area contributed by atoms with Gasteiger partial charge in [0.2, 0.25) is 0 Å². The lowest BCUT2D eigenvalue weighted by atomic mass is 9.82. The highest BCUT2D eigenvalue weighted by molar-refractivity contribution is 5.76. The van der Waals surface area contributed by atoms with Crippen LogP contribution in [0.2, 0.25) is 0 Å². The van der Waals surface area contributed by atoms with Crippen molar-refractivity contribution in [1.29, 1.82) is 0 Å². The minimum Gasteiger partial charge on any atom is -0.190 e. The van der Waals surface area contributed by atoms with Crippen molar-refractivity contribution in [2.24, 2.45) is 10.4 Å². The molecule has 0 saturated heterocycles. The van der Waals surface area contributed by atoms with Gasteiger partial charge < -0.3 is 0 Å². The highest BCUT2D eigenvalue weighted by atomic mass is 19.4. The lowest BCUT2D eigenvalue weighted by Crippen LogP contribution is -2.60. The van der Waals surface area contributed by atoms with Gasteiger partial charge in [-0.25, -0.2) is 0 Å². The van der Waals surface area contributed by atoms with Crippen LogP contribution in [-0.2, 0) is 0 Å². The van der Waals surface area contributed by atoms with Gasteiger partial charge in [-0.3, -0.25) is 0 Å². The number of hydrogen-bond donors (Lipinski definition) is 0. The van der Waals surface area contributed by atoms with Crippen molar-refractivity contribution >= 4 is 5.97 Å². The van der Waals surface area contributed by atoms with E-state index in [0.29, 0.717) is 0 Å². The molecule has 0 heterocycles. The molecule has 0 unspecified atom stereocenters. The smallest absolute Gasteiger partial charge is 0.190 e. The van der Waals surface area contributed by atoms with E-state index >= 15 is 0 Å². The maximum absolute atomic E-state index is 12.5. The maximum atomic E-state index is 12.5. The molecular formula is C7H2F13N. The summed E-state index contributed by atoms with van der Waals surface area (Å²) in [5, 5.41) is 0. The van der Waals surface area contributed by atoms with Crippen LogP contribution in [0, 0.1) is 5.41 Å². The summed E-state index contributed by atoms with van der Waals surface area (Å²) in [4.78, 5) is 0.785. The third-order valence-electron chi connectivity index (χ3n) is 2.11. The quantitative estimate of drug-likeness (QED) is 0.381. The number of hydrogen-bond acceptors (Lipinski definition) is 1. The van der Waals surface area contributed by atoms with Crippen molar-refractivity contribution < 1.29 is 57.1 Å². The van der Waals surface area contributed by atoms with Crippen LogP contribution in [0.1, 0.15) is 6.42 Å². The van der Waals surface area contributed by atoms with Crippen LogP contribution < -0.4 is 0 Å². The van der Waals surface area contributed by atoms with Gasteiger partial charge in [0.15, 0.2) is 5.97 Å². The normalized spacial score (nSPS) is 16.3. The van der Waals surface area contributed by atoms with E-state index in [-0.39, 0.29) is 0 Å². The zero-order chi connectivity index (χ0) is 17.5. The van der Waals surface area contributed by atoms with Gasteiger partial charge in [-0.05, 0) is 0 Å². The van der Waals surface area contributed by atoms with Crippen LogP contribution in [0.5, 0.6) is 0 Å². The molecule has 0 saturated carbocycles. The Bertz CT molecular complexity index is 355. The molecule has 0 aromatic rings. The van der Waals surface area contributed by atoms with E-state index < -0.39 is 42.6 Å². The molecule has 0 aromatic heterocycles. The summed E-state index contributed by atoms with van der Waals surface area (Å²) in [6.07, 6.45) is -31.1. The van der Waals surface area contributed by atoms with E-state index in [0.717, 1.165) is 4.99 Å². The second-order valence-electron chi connectivity index (χ2n) is 3.53. The lowest BCUT2D eigenvalue weighted by Gasteiger charge is -2.37. The molecule has 1 nitrogen and oxygen atoms in total. The molecule has 21 heavy (non-hydrogen) atoms. The fourth-order valence-corrected chi connectivity index (χ4v) is 1.18. The second kappa shape index (κ2) is 5.19. The van der Waals surface area contributed by atoms with Crippen LogP contribution in [0.25, 0.3) is 0 Å². The Morgan fingerprint density at radius 1 is 0.619 bits per heavy atom. The van der Waals surface area contributed by atoms with E-state index in [1.807, 2.05) is 0 Å². The summed E-state index contributed by atoms with van der Waals surface area (Å²) in [5.41, 5.74) is -6.70. The summed E-state index contributed by atoms with van der Waals surface area (Å²) in [5.74, 6) is -3.51. The number of nitrogens with zero attached hydrogens (tertiary/aromatic N) is 1. The second-order valence-corrected chi connectivity index (χ2v) is 3.53. The summed E-state index contributed by atoms with van der Waals surface area (Å²) < 4.78 is 157. The Morgan fingerprint density at radius 2 is 0.905 bits per heavy atom. The summed E-state index contributed by atoms with van der Waals surface area (Å²) in [7, 11) is 0. The van der Waals surface area contributed by atoms with Crippen LogP contribution in [0.3, 0.4) is 0 Å². The highest BCUT2D eigenvalue weighted by Gasteiger charge is 2.83. The molecule has 0 radical (unpaired) electrons. The van der Waals surface area contributed by atoms with Crippen molar-refractivity contribution in [2.45, 2.75) is 31.2 Å². The molecule has 0 atom stereocenters. The van der Waals surface area contributed by atoms with Crippen LogP contribution in [0.15, 0.2) is 4.99 Å². The van der Waals surface area contributed by atoms with Gasteiger partial charge in [0, 0.05) is 6.42 Å². The van der Waals surface area contributed by atoms with E-state index in [1.54, 1.807) is 0 Å². The molecule has 0 aliphatic heterocycles. The van der Waals surface area contributed by atoms with E-state index in [2.05, 4.69) is 0 Å². The zero-order valence-corrected chi connectivity index (χ0v) is 9.07. The van der Waals surface area contributed by atoms with Gasteiger partial charge in [0.05, 0.1) is 0 Å². The molecule has 0 bridgehead atoms. The summed E-state index contributed by atoms with van der Waals surface area (Å²) in [6.45, 7) is 0. The Labute approximate surface area is 106 Å². The van der Waals surface area contributed by atoms with Gasteiger partial charge in [-0.2, -0.15) is 48.9 Å². The van der Waals surface area contributed by atoms with E-state index in [1.165, 1.54) is 0 Å². The first-order chi connectivity index (χ1) is 8.85.